The van der Waals surface area contributed by atoms with E-state index in [1.54, 1.807) is 7.11 Å². The lowest BCUT2D eigenvalue weighted by molar-refractivity contribution is 0.0668. The third-order valence-corrected chi connectivity index (χ3v) is 4.52. The van der Waals surface area contributed by atoms with Crippen LogP contribution in [0.4, 0.5) is 0 Å². The number of carbonyl (C=O) groups excluding carboxylic acids is 1. The lowest BCUT2D eigenvalue weighted by Gasteiger charge is -2.33. The van der Waals surface area contributed by atoms with E-state index in [4.69, 9.17) is 4.74 Å². The first-order valence-electron chi connectivity index (χ1n) is 8.33. The second-order valence-corrected chi connectivity index (χ2v) is 6.40. The van der Waals surface area contributed by atoms with Gasteiger partial charge in [0.2, 0.25) is 0 Å². The molecule has 1 atom stereocenters. The topological polar surface area (TPSA) is 60.2 Å². The number of carbonyl (C=O) groups is 1. The molecule has 6 nitrogen and oxygen atoms in total. The van der Waals surface area contributed by atoms with Crippen LogP contribution in [0, 0.1) is 20.8 Å². The Morgan fingerprint density at radius 1 is 1.29 bits per heavy atom. The summed E-state index contributed by atoms with van der Waals surface area (Å²) >= 11 is 0. The van der Waals surface area contributed by atoms with Crippen molar-refractivity contribution in [2.45, 2.75) is 39.7 Å². The minimum atomic E-state index is 0.0229. The number of aromatic nitrogens is 3. The van der Waals surface area contributed by atoms with E-state index in [-0.39, 0.29) is 11.9 Å². The molecule has 1 aliphatic heterocycles. The van der Waals surface area contributed by atoms with E-state index in [1.807, 2.05) is 48.6 Å². The highest BCUT2D eigenvalue weighted by Gasteiger charge is 2.28. The Bertz CT molecular complexity index is 753. The van der Waals surface area contributed by atoms with Gasteiger partial charge in [0.25, 0.3) is 5.91 Å². The molecule has 1 aromatic carbocycles. The summed E-state index contributed by atoms with van der Waals surface area (Å²) in [6.07, 6.45) is 1.97. The fraction of sp³-hybridized carbons (Fsp3) is 0.500. The molecule has 6 heteroatoms. The molecular weight excluding hydrogens is 304 g/mol. The van der Waals surface area contributed by atoms with Crippen LogP contribution in [0.3, 0.4) is 0 Å². The van der Waals surface area contributed by atoms with Crippen molar-refractivity contribution < 1.29 is 9.53 Å². The summed E-state index contributed by atoms with van der Waals surface area (Å²) in [6.45, 7) is 7.26. The Hall–Kier alpha value is -2.37. The molecule has 0 bridgehead atoms. The van der Waals surface area contributed by atoms with Crippen molar-refractivity contribution in [3.05, 3.63) is 41.0 Å². The van der Waals surface area contributed by atoms with Gasteiger partial charge in [0.1, 0.15) is 17.4 Å². The van der Waals surface area contributed by atoms with Crippen LogP contribution in [0.1, 0.15) is 46.5 Å². The summed E-state index contributed by atoms with van der Waals surface area (Å²) < 4.78 is 7.33. The highest BCUT2D eigenvalue weighted by molar-refractivity contribution is 5.97. The smallest absolute Gasteiger partial charge is 0.257 e. The number of rotatable bonds is 3. The molecule has 0 N–H and O–H groups in total. The number of hydrogen-bond donors (Lipinski definition) is 0. The van der Waals surface area contributed by atoms with Crippen molar-refractivity contribution in [1.82, 2.24) is 19.7 Å². The molecule has 1 amide bonds. The van der Waals surface area contributed by atoms with Gasteiger partial charge in [0, 0.05) is 13.1 Å². The van der Waals surface area contributed by atoms with Crippen molar-refractivity contribution >= 4 is 5.91 Å². The van der Waals surface area contributed by atoms with Crippen molar-refractivity contribution in [2.24, 2.45) is 0 Å². The zero-order chi connectivity index (χ0) is 17.3. The number of likely N-dealkylation sites (tertiary alicyclic amines) is 1. The van der Waals surface area contributed by atoms with Gasteiger partial charge in [-0.1, -0.05) is 11.6 Å². The first-order valence-corrected chi connectivity index (χ1v) is 8.33. The van der Waals surface area contributed by atoms with E-state index >= 15 is 0 Å². The summed E-state index contributed by atoms with van der Waals surface area (Å²) in [5.41, 5.74) is 1.68. The third kappa shape index (κ3) is 3.13. The van der Waals surface area contributed by atoms with Crippen LogP contribution in [-0.4, -0.2) is 45.8 Å². The van der Waals surface area contributed by atoms with E-state index in [9.17, 15) is 4.79 Å². The second-order valence-electron chi connectivity index (χ2n) is 6.40. The van der Waals surface area contributed by atoms with Gasteiger partial charge in [-0.2, -0.15) is 5.10 Å². The number of nitrogens with zero attached hydrogens (tertiary/aromatic N) is 4. The maximum atomic E-state index is 13.0. The molecule has 24 heavy (non-hydrogen) atoms. The summed E-state index contributed by atoms with van der Waals surface area (Å²) in [5.74, 6) is 2.33. The summed E-state index contributed by atoms with van der Waals surface area (Å²) in [6, 6.07) is 5.89. The van der Waals surface area contributed by atoms with E-state index in [0.717, 1.165) is 36.6 Å². The van der Waals surface area contributed by atoms with E-state index in [2.05, 4.69) is 10.1 Å². The maximum Gasteiger partial charge on any atom is 0.257 e. The lowest BCUT2D eigenvalue weighted by atomic mass is 10.0. The van der Waals surface area contributed by atoms with Crippen molar-refractivity contribution in [2.75, 3.05) is 20.2 Å². The molecule has 1 aromatic heterocycles. The molecule has 0 saturated carbocycles. The third-order valence-electron chi connectivity index (χ3n) is 4.52. The Morgan fingerprint density at radius 3 is 2.75 bits per heavy atom. The zero-order valence-corrected chi connectivity index (χ0v) is 14.7. The van der Waals surface area contributed by atoms with E-state index in [1.165, 1.54) is 0 Å². The Balaban J connectivity index is 1.83. The summed E-state index contributed by atoms with van der Waals surface area (Å²) in [5, 5.41) is 4.49. The monoisotopic (exact) mass is 328 g/mol. The van der Waals surface area contributed by atoms with Gasteiger partial charge in [-0.05, 0) is 45.7 Å². The molecule has 0 spiro atoms. The van der Waals surface area contributed by atoms with Crippen LogP contribution in [0.5, 0.6) is 5.75 Å². The molecule has 1 unspecified atom stereocenters. The zero-order valence-electron chi connectivity index (χ0n) is 14.7. The van der Waals surface area contributed by atoms with Crippen LogP contribution in [0.2, 0.25) is 0 Å². The molecule has 0 radical (unpaired) electrons. The molecule has 128 valence electrons. The molecule has 1 aliphatic rings. The fourth-order valence-corrected chi connectivity index (χ4v) is 3.38. The Morgan fingerprint density at radius 2 is 2.08 bits per heavy atom. The predicted octanol–water partition coefficient (Wildman–Crippen LogP) is 2.69. The van der Waals surface area contributed by atoms with Crippen LogP contribution >= 0.6 is 0 Å². The highest BCUT2D eigenvalue weighted by atomic mass is 16.5. The van der Waals surface area contributed by atoms with Crippen molar-refractivity contribution in [3.8, 4) is 5.75 Å². The van der Waals surface area contributed by atoms with Crippen LogP contribution in [-0.2, 0) is 0 Å². The van der Waals surface area contributed by atoms with E-state index < -0.39 is 0 Å². The van der Waals surface area contributed by atoms with Gasteiger partial charge < -0.3 is 9.64 Å². The number of hydrogen-bond acceptors (Lipinski definition) is 4. The highest BCUT2D eigenvalue weighted by Crippen LogP contribution is 2.26. The van der Waals surface area contributed by atoms with Crippen molar-refractivity contribution in [3.63, 3.8) is 0 Å². The molecule has 2 aromatic rings. The van der Waals surface area contributed by atoms with Gasteiger partial charge in [0.15, 0.2) is 0 Å². The van der Waals surface area contributed by atoms with E-state index in [0.29, 0.717) is 17.9 Å². The fourth-order valence-electron chi connectivity index (χ4n) is 3.38. The second kappa shape index (κ2) is 6.63. The van der Waals surface area contributed by atoms with Gasteiger partial charge in [-0.3, -0.25) is 4.79 Å². The molecule has 3 rings (SSSR count). The van der Waals surface area contributed by atoms with Gasteiger partial charge in [0.05, 0.1) is 18.7 Å². The summed E-state index contributed by atoms with van der Waals surface area (Å²) in [7, 11) is 1.60. The number of aryl methyl sites for hydroxylation is 3. The van der Waals surface area contributed by atoms with Crippen LogP contribution < -0.4 is 4.74 Å². The molecule has 1 fully saturated rings. The van der Waals surface area contributed by atoms with Gasteiger partial charge >= 0.3 is 0 Å². The maximum absolute atomic E-state index is 13.0. The molecule has 2 heterocycles. The Kier molecular flexibility index (Phi) is 4.55. The number of amides is 1. The average Bonchev–Trinajstić information content (AvgIpc) is 2.92. The molecule has 1 saturated heterocycles. The number of benzene rings is 1. The molecule has 0 aliphatic carbocycles. The number of methoxy groups -OCH3 is 1. The predicted molar refractivity (Wildman–Crippen MR) is 91.4 cm³/mol. The number of ether oxygens (including phenoxy) is 1. The quantitative estimate of drug-likeness (QED) is 0.869. The standard InChI is InChI=1S/C18H24N4O2/c1-12-7-8-17(24-4)16(10-12)18(23)21-9-5-6-15(11-21)22-14(3)19-13(2)20-22/h7-8,10,15H,5-6,9,11H2,1-4H3. The largest absolute Gasteiger partial charge is 0.496 e. The number of piperidine rings is 1. The van der Waals surface area contributed by atoms with Gasteiger partial charge in [-0.25, -0.2) is 9.67 Å². The van der Waals surface area contributed by atoms with Gasteiger partial charge in [-0.15, -0.1) is 0 Å². The SMILES string of the molecule is COc1ccc(C)cc1C(=O)N1CCCC(n2nc(C)nc2C)C1. The lowest BCUT2D eigenvalue weighted by Crippen LogP contribution is -2.41. The normalized spacial score (nSPS) is 17.8. The first kappa shape index (κ1) is 16.5. The minimum absolute atomic E-state index is 0.0229. The van der Waals surface area contributed by atoms with Crippen LogP contribution in [0.25, 0.3) is 0 Å². The van der Waals surface area contributed by atoms with Crippen LogP contribution in [0.15, 0.2) is 18.2 Å². The minimum Gasteiger partial charge on any atom is -0.496 e. The van der Waals surface area contributed by atoms with Crippen molar-refractivity contribution in [1.29, 1.82) is 0 Å². The Labute approximate surface area is 142 Å². The summed E-state index contributed by atoms with van der Waals surface area (Å²) in [4.78, 5) is 19.3. The first-order chi connectivity index (χ1) is 11.5. The molecular formula is C18H24N4O2. The average molecular weight is 328 g/mol.